The molecule has 0 amide bonds. The van der Waals surface area contributed by atoms with Gasteiger partial charge in [0.15, 0.2) is 0 Å². The lowest BCUT2D eigenvalue weighted by Crippen LogP contribution is -2.69. The number of pyridine rings is 1. The predicted octanol–water partition coefficient (Wildman–Crippen LogP) is 0.665. The molecule has 1 N–H and O–H groups in total. The number of ether oxygens (including phenoxy) is 2. The van der Waals surface area contributed by atoms with Crippen molar-refractivity contribution in [1.29, 1.82) is 0 Å². The number of piperazine rings is 1. The summed E-state index contributed by atoms with van der Waals surface area (Å²) in [6, 6.07) is 3.78. The third kappa shape index (κ3) is 3.61. The Hall–Kier alpha value is -2.15. The van der Waals surface area contributed by atoms with Crippen molar-refractivity contribution in [2.75, 3.05) is 37.7 Å². The van der Waals surface area contributed by atoms with Gasteiger partial charge in [-0.15, -0.1) is 0 Å². The van der Waals surface area contributed by atoms with Gasteiger partial charge in [0.1, 0.15) is 0 Å². The molecule has 0 unspecified atom stereocenters. The molecule has 1 aromatic rings. The average Bonchev–Trinajstić information content (AvgIpc) is 2.55. The van der Waals surface area contributed by atoms with Gasteiger partial charge in [0.2, 0.25) is 5.54 Å². The normalized spacial score (nSPS) is 16.7. The number of rotatable bonds is 5. The number of carbonyl (C=O) groups excluding carboxylic acids is 2. The van der Waals surface area contributed by atoms with E-state index in [1.54, 1.807) is 20.0 Å². The summed E-state index contributed by atoms with van der Waals surface area (Å²) in [5, 5.41) is 3.01. The number of nitrogens with zero attached hydrogens (tertiary/aromatic N) is 2. The highest BCUT2D eigenvalue weighted by Gasteiger charge is 2.51. The zero-order chi connectivity index (χ0) is 16.9. The second kappa shape index (κ2) is 7.41. The SMILES string of the molecule is CCOC(=O)C1(C(=O)OCC)CN(c2ccnc(C)c2)CCN1. The van der Waals surface area contributed by atoms with Gasteiger partial charge < -0.3 is 14.4 Å². The Balaban J connectivity index is 2.31. The van der Waals surface area contributed by atoms with Crippen LogP contribution in [0.25, 0.3) is 0 Å². The Bertz CT molecular complexity index is 558. The summed E-state index contributed by atoms with van der Waals surface area (Å²) in [7, 11) is 0. The first-order chi connectivity index (χ1) is 11.0. The first-order valence-electron chi connectivity index (χ1n) is 7.80. The van der Waals surface area contributed by atoms with Crippen LogP contribution < -0.4 is 10.2 Å². The van der Waals surface area contributed by atoms with Crippen LogP contribution in [0.2, 0.25) is 0 Å². The van der Waals surface area contributed by atoms with Crippen LogP contribution in [0, 0.1) is 6.92 Å². The molecular formula is C16H23N3O4. The van der Waals surface area contributed by atoms with Crippen LogP contribution in [0.3, 0.4) is 0 Å². The summed E-state index contributed by atoms with van der Waals surface area (Å²) in [6.45, 7) is 7.03. The molecule has 7 heteroatoms. The predicted molar refractivity (Wildman–Crippen MR) is 85.2 cm³/mol. The van der Waals surface area contributed by atoms with Crippen molar-refractivity contribution in [3.05, 3.63) is 24.0 Å². The molecule has 0 atom stereocenters. The second-order valence-electron chi connectivity index (χ2n) is 5.35. The number of anilines is 1. The summed E-state index contributed by atoms with van der Waals surface area (Å²) in [6.07, 6.45) is 1.71. The van der Waals surface area contributed by atoms with Crippen molar-refractivity contribution in [3.8, 4) is 0 Å². The Kier molecular flexibility index (Phi) is 5.54. The average molecular weight is 321 g/mol. The maximum absolute atomic E-state index is 12.5. The van der Waals surface area contributed by atoms with Crippen LogP contribution in [0.1, 0.15) is 19.5 Å². The van der Waals surface area contributed by atoms with Gasteiger partial charge in [-0.3, -0.25) is 10.3 Å². The van der Waals surface area contributed by atoms with Gasteiger partial charge in [0.05, 0.1) is 19.8 Å². The largest absolute Gasteiger partial charge is 0.464 e. The maximum atomic E-state index is 12.5. The monoisotopic (exact) mass is 321 g/mol. The van der Waals surface area contributed by atoms with Crippen LogP contribution in [0.5, 0.6) is 0 Å². The third-order valence-corrected chi connectivity index (χ3v) is 3.73. The van der Waals surface area contributed by atoms with Crippen molar-refractivity contribution >= 4 is 17.6 Å². The fourth-order valence-electron chi connectivity index (χ4n) is 2.64. The molecule has 0 aromatic carbocycles. The minimum atomic E-state index is -1.50. The Labute approximate surface area is 136 Å². The van der Waals surface area contributed by atoms with E-state index in [1.807, 2.05) is 24.0 Å². The quantitative estimate of drug-likeness (QED) is 0.630. The molecule has 0 saturated carbocycles. The summed E-state index contributed by atoms with van der Waals surface area (Å²) in [4.78, 5) is 31.1. The van der Waals surface area contributed by atoms with Crippen LogP contribution in [0.15, 0.2) is 18.3 Å². The molecule has 1 aliphatic heterocycles. The smallest absolute Gasteiger partial charge is 0.339 e. The molecule has 7 nitrogen and oxygen atoms in total. The first-order valence-corrected chi connectivity index (χ1v) is 7.80. The Morgan fingerprint density at radius 3 is 2.52 bits per heavy atom. The van der Waals surface area contributed by atoms with Gasteiger partial charge in [-0.05, 0) is 32.9 Å². The number of hydrogen-bond donors (Lipinski definition) is 1. The molecular weight excluding hydrogens is 298 g/mol. The summed E-state index contributed by atoms with van der Waals surface area (Å²) >= 11 is 0. The van der Waals surface area contributed by atoms with E-state index >= 15 is 0 Å². The van der Waals surface area contributed by atoms with E-state index in [2.05, 4.69) is 10.3 Å². The van der Waals surface area contributed by atoms with Crippen molar-refractivity contribution in [3.63, 3.8) is 0 Å². The standard InChI is InChI=1S/C16H23N3O4/c1-4-22-14(20)16(15(21)23-5-2)11-19(9-8-18-16)13-6-7-17-12(3)10-13/h6-7,10,18H,4-5,8-9,11H2,1-3H3. The van der Waals surface area contributed by atoms with E-state index < -0.39 is 17.5 Å². The number of carbonyl (C=O) groups is 2. The molecule has 1 aromatic heterocycles. The molecule has 23 heavy (non-hydrogen) atoms. The molecule has 1 aliphatic rings. The van der Waals surface area contributed by atoms with Gasteiger partial charge in [-0.1, -0.05) is 0 Å². The number of esters is 2. The van der Waals surface area contributed by atoms with Gasteiger partial charge in [-0.2, -0.15) is 0 Å². The van der Waals surface area contributed by atoms with Crippen LogP contribution in [-0.2, 0) is 19.1 Å². The van der Waals surface area contributed by atoms with Crippen molar-refractivity contribution in [1.82, 2.24) is 10.3 Å². The lowest BCUT2D eigenvalue weighted by atomic mass is 9.96. The van der Waals surface area contributed by atoms with Crippen LogP contribution >= 0.6 is 0 Å². The molecule has 1 fully saturated rings. The van der Waals surface area contributed by atoms with Crippen LogP contribution in [0.4, 0.5) is 5.69 Å². The Morgan fingerprint density at radius 2 is 1.96 bits per heavy atom. The molecule has 2 rings (SSSR count). The highest BCUT2D eigenvalue weighted by atomic mass is 16.6. The Morgan fingerprint density at radius 1 is 1.30 bits per heavy atom. The van der Waals surface area contributed by atoms with Crippen LogP contribution in [-0.4, -0.2) is 55.3 Å². The second-order valence-corrected chi connectivity index (χ2v) is 5.35. The first kappa shape index (κ1) is 17.2. The molecule has 2 heterocycles. The number of nitrogens with one attached hydrogen (secondary N) is 1. The summed E-state index contributed by atoms with van der Waals surface area (Å²) in [5.41, 5.74) is 0.289. The zero-order valence-corrected chi connectivity index (χ0v) is 13.8. The van der Waals surface area contributed by atoms with E-state index in [4.69, 9.17) is 9.47 Å². The van der Waals surface area contributed by atoms with E-state index in [9.17, 15) is 9.59 Å². The minimum absolute atomic E-state index is 0.161. The zero-order valence-electron chi connectivity index (χ0n) is 13.8. The fourth-order valence-corrected chi connectivity index (χ4v) is 2.64. The molecule has 0 radical (unpaired) electrons. The molecule has 0 spiro atoms. The van der Waals surface area contributed by atoms with E-state index in [0.717, 1.165) is 11.4 Å². The summed E-state index contributed by atoms with van der Waals surface area (Å²) < 4.78 is 10.2. The van der Waals surface area contributed by atoms with Crippen molar-refractivity contribution in [2.24, 2.45) is 0 Å². The number of aryl methyl sites for hydroxylation is 1. The van der Waals surface area contributed by atoms with Gasteiger partial charge in [-0.25, -0.2) is 9.59 Å². The lowest BCUT2D eigenvalue weighted by Gasteiger charge is -2.40. The minimum Gasteiger partial charge on any atom is -0.464 e. The molecule has 1 saturated heterocycles. The molecule has 0 bridgehead atoms. The number of aromatic nitrogens is 1. The van der Waals surface area contributed by atoms with Gasteiger partial charge >= 0.3 is 11.9 Å². The lowest BCUT2D eigenvalue weighted by molar-refractivity contribution is -0.166. The van der Waals surface area contributed by atoms with Gasteiger partial charge in [0, 0.05) is 30.7 Å². The van der Waals surface area contributed by atoms with Crippen molar-refractivity contribution in [2.45, 2.75) is 26.3 Å². The van der Waals surface area contributed by atoms with Gasteiger partial charge in [0.25, 0.3) is 0 Å². The topological polar surface area (TPSA) is 80.8 Å². The highest BCUT2D eigenvalue weighted by Crippen LogP contribution is 2.23. The summed E-state index contributed by atoms with van der Waals surface area (Å²) in [5.74, 6) is -1.21. The van der Waals surface area contributed by atoms with E-state index in [1.165, 1.54) is 0 Å². The van der Waals surface area contributed by atoms with E-state index in [-0.39, 0.29) is 19.8 Å². The van der Waals surface area contributed by atoms with E-state index in [0.29, 0.717) is 13.1 Å². The molecule has 126 valence electrons. The van der Waals surface area contributed by atoms with Crippen molar-refractivity contribution < 1.29 is 19.1 Å². The fraction of sp³-hybridized carbons (Fsp3) is 0.562. The third-order valence-electron chi connectivity index (χ3n) is 3.73. The molecule has 0 aliphatic carbocycles. The maximum Gasteiger partial charge on any atom is 0.339 e. The number of hydrogen-bond acceptors (Lipinski definition) is 7. The highest BCUT2D eigenvalue weighted by molar-refractivity contribution is 6.06.